The molecule has 1 saturated carbocycles. The fraction of sp³-hybridized carbons (Fsp3) is 0.421. The smallest absolute Gasteiger partial charge is 0.254 e. The van der Waals surface area contributed by atoms with Gasteiger partial charge in [0, 0.05) is 44.2 Å². The molecule has 1 fully saturated rings. The van der Waals surface area contributed by atoms with E-state index < -0.39 is 0 Å². The van der Waals surface area contributed by atoms with Crippen LogP contribution in [0.3, 0.4) is 0 Å². The molecule has 5 heteroatoms. The van der Waals surface area contributed by atoms with Crippen LogP contribution in [0.4, 0.5) is 44.8 Å². The summed E-state index contributed by atoms with van der Waals surface area (Å²) in [7, 11) is 0. The molecule has 8 aromatic rings. The number of fused-ring (bicyclic) bond motifs is 11. The topological polar surface area (TPSA) is 9.72 Å². The van der Waals surface area contributed by atoms with E-state index in [1.54, 1.807) is 0 Å². The Labute approximate surface area is 490 Å². The third-order valence-corrected chi connectivity index (χ3v) is 23.2. The van der Waals surface area contributed by atoms with E-state index in [1.807, 2.05) is 0 Å². The van der Waals surface area contributed by atoms with Crippen LogP contribution in [-0.4, -0.2) is 12.3 Å². The summed E-state index contributed by atoms with van der Waals surface area (Å²) in [4.78, 5) is 8.34. The van der Waals surface area contributed by atoms with Crippen molar-refractivity contribution in [2.24, 2.45) is 0 Å². The average molecular weight is 1080 g/mol. The van der Waals surface area contributed by atoms with Gasteiger partial charge in [-0.25, -0.2) is 0 Å². The highest BCUT2D eigenvalue weighted by atomic mass is 32.1. The van der Waals surface area contributed by atoms with Gasteiger partial charge in [0.2, 0.25) is 0 Å². The Kier molecular flexibility index (Phi) is 11.3. The van der Waals surface area contributed by atoms with Gasteiger partial charge in [0.1, 0.15) is 0 Å². The first-order valence-electron chi connectivity index (χ1n) is 30.9. The van der Waals surface area contributed by atoms with Gasteiger partial charge in [-0.2, -0.15) is 0 Å². The molecule has 81 heavy (non-hydrogen) atoms. The normalized spacial score (nSPS) is 22.3. The summed E-state index contributed by atoms with van der Waals surface area (Å²) < 4.78 is 1.41. The SMILES string of the molecule is CC(C)(C)c1ccc(N(c2ccc(C(C)(C)C)cc2)c2cc3c4c(c2)N2c5c(cc(-c6ccccc6)cc5C5(C)CCCCC25C)B4c2c(sc4cc5c(cc24)C(C)(C)CCC5(C)C)N3c2ccc3c(c2)C(C)(C)CCC3(C)C)cc1. The van der Waals surface area contributed by atoms with Crippen LogP contribution in [0.5, 0.6) is 0 Å². The predicted molar refractivity (Wildman–Crippen MR) is 352 cm³/mol. The first-order valence-corrected chi connectivity index (χ1v) is 31.7. The fourth-order valence-corrected chi connectivity index (χ4v) is 17.8. The average Bonchev–Trinajstić information content (AvgIpc) is 2.07. The lowest BCUT2D eigenvalue weighted by Gasteiger charge is -2.53. The standard InChI is InChI=1S/C76H86BN3S/c1-69(2,3)49-24-28-51(29-25-49)78(52-30-26-50(27-31-52)70(4,5)6)54-43-62-66-63(44-54)80-67-60(75(15)34-20-21-35-76(75,80)16)40-48(47-22-18-17-19-23-47)41-61(67)77(66)65-55-45-58-59(74(13,14)39-38-73(58,11)12)46-64(55)81-68(65)79(62)53-32-33-56-57(42-53)72(9,10)37-36-71(56,7)8/h17-19,22-33,40-46H,20-21,34-39H2,1-16H3. The van der Waals surface area contributed by atoms with Crippen LogP contribution < -0.4 is 31.1 Å². The molecule has 14 rings (SSSR count). The zero-order valence-electron chi connectivity index (χ0n) is 51.7. The third-order valence-electron chi connectivity index (χ3n) is 22.0. The van der Waals surface area contributed by atoms with Crippen molar-refractivity contribution in [3.05, 3.63) is 172 Å². The summed E-state index contributed by atoms with van der Waals surface area (Å²) in [6, 6.07) is 54.1. The number of hydrogen-bond acceptors (Lipinski definition) is 4. The molecule has 4 heterocycles. The Morgan fingerprint density at radius 3 is 1.60 bits per heavy atom. The van der Waals surface area contributed by atoms with Crippen LogP contribution in [-0.2, 0) is 37.9 Å². The Bertz CT molecular complexity index is 3840. The van der Waals surface area contributed by atoms with Gasteiger partial charge in [-0.05, 0) is 217 Å². The van der Waals surface area contributed by atoms with E-state index in [0.717, 1.165) is 6.42 Å². The Hall–Kier alpha value is -6.04. The maximum Gasteiger partial charge on any atom is 0.254 e. The highest BCUT2D eigenvalue weighted by Gasteiger charge is 2.62. The number of thiophene rings is 1. The fourth-order valence-electron chi connectivity index (χ4n) is 16.5. The lowest BCUT2D eigenvalue weighted by Crippen LogP contribution is -2.64. The summed E-state index contributed by atoms with van der Waals surface area (Å²) >= 11 is 2.05. The van der Waals surface area contributed by atoms with Crippen LogP contribution in [0.2, 0.25) is 0 Å². The molecule has 3 aliphatic heterocycles. The molecule has 3 aliphatic carbocycles. The molecule has 1 aromatic heterocycles. The number of nitrogens with zero attached hydrogens (tertiary/aromatic N) is 3. The molecule has 2 unspecified atom stereocenters. The number of rotatable bonds is 5. The van der Waals surface area contributed by atoms with E-state index in [4.69, 9.17) is 0 Å². The molecule has 6 aliphatic rings. The van der Waals surface area contributed by atoms with E-state index in [0.29, 0.717) is 0 Å². The van der Waals surface area contributed by atoms with Crippen molar-refractivity contribution in [2.75, 3.05) is 14.7 Å². The molecular formula is C76H86BN3S. The van der Waals surface area contributed by atoms with Crippen molar-refractivity contribution in [1.82, 2.24) is 0 Å². The lowest BCUT2D eigenvalue weighted by atomic mass is 9.33. The molecule has 3 nitrogen and oxygen atoms in total. The van der Waals surface area contributed by atoms with Crippen molar-refractivity contribution < 1.29 is 0 Å². The van der Waals surface area contributed by atoms with Crippen LogP contribution in [0.15, 0.2) is 133 Å². The molecule has 0 saturated heterocycles. The summed E-state index contributed by atoms with van der Waals surface area (Å²) in [6.45, 7) is 39.3. The predicted octanol–water partition coefficient (Wildman–Crippen LogP) is 19.7. The largest absolute Gasteiger partial charge is 0.335 e. The minimum Gasteiger partial charge on any atom is -0.335 e. The first kappa shape index (κ1) is 53.0. The Morgan fingerprint density at radius 1 is 0.469 bits per heavy atom. The Balaban J connectivity index is 1.14. The summed E-state index contributed by atoms with van der Waals surface area (Å²) in [5, 5.41) is 2.81. The molecule has 2 atom stereocenters. The minimum atomic E-state index is -0.166. The Morgan fingerprint density at radius 2 is 1.01 bits per heavy atom. The molecule has 0 amide bonds. The lowest BCUT2D eigenvalue weighted by molar-refractivity contribution is 0.195. The molecule has 7 aromatic carbocycles. The zero-order valence-corrected chi connectivity index (χ0v) is 52.5. The van der Waals surface area contributed by atoms with Gasteiger partial charge in [0.15, 0.2) is 0 Å². The maximum absolute atomic E-state index is 2.96. The van der Waals surface area contributed by atoms with Crippen molar-refractivity contribution in [3.8, 4) is 11.1 Å². The molecule has 0 radical (unpaired) electrons. The summed E-state index contributed by atoms with van der Waals surface area (Å²) in [5.41, 5.74) is 26.4. The zero-order chi connectivity index (χ0) is 56.9. The van der Waals surface area contributed by atoms with Crippen molar-refractivity contribution in [1.29, 1.82) is 0 Å². The monoisotopic (exact) mass is 1080 g/mol. The second kappa shape index (κ2) is 17.3. The van der Waals surface area contributed by atoms with Gasteiger partial charge in [0.05, 0.1) is 16.2 Å². The van der Waals surface area contributed by atoms with Crippen LogP contribution in [0, 0.1) is 0 Å². The number of anilines is 8. The second-order valence-corrected chi connectivity index (χ2v) is 32.1. The van der Waals surface area contributed by atoms with Gasteiger partial charge in [0.25, 0.3) is 6.71 Å². The first-order chi connectivity index (χ1) is 38.1. The minimum absolute atomic E-state index is 0.00131. The number of hydrogen-bond donors (Lipinski definition) is 0. The van der Waals surface area contributed by atoms with Crippen molar-refractivity contribution in [3.63, 3.8) is 0 Å². The molecule has 414 valence electrons. The van der Waals surface area contributed by atoms with Gasteiger partial charge < -0.3 is 14.7 Å². The van der Waals surface area contributed by atoms with E-state index in [1.165, 1.54) is 166 Å². The summed E-state index contributed by atoms with van der Waals surface area (Å²) in [5.74, 6) is 0. The van der Waals surface area contributed by atoms with Gasteiger partial charge >= 0.3 is 0 Å². The van der Waals surface area contributed by atoms with E-state index in [-0.39, 0.29) is 50.2 Å². The van der Waals surface area contributed by atoms with E-state index >= 15 is 0 Å². The van der Waals surface area contributed by atoms with E-state index in [2.05, 4.69) is 270 Å². The van der Waals surface area contributed by atoms with Crippen LogP contribution in [0.1, 0.15) is 201 Å². The third kappa shape index (κ3) is 7.71. The quantitative estimate of drug-likeness (QED) is 0.159. The molecule has 0 spiro atoms. The van der Waals surface area contributed by atoms with Crippen molar-refractivity contribution in [2.45, 2.75) is 206 Å². The molecule has 0 N–H and O–H groups in total. The second-order valence-electron chi connectivity index (χ2n) is 31.1. The van der Waals surface area contributed by atoms with Crippen LogP contribution >= 0.6 is 11.3 Å². The van der Waals surface area contributed by atoms with Gasteiger partial charge in [-0.1, -0.05) is 183 Å². The van der Waals surface area contributed by atoms with Gasteiger partial charge in [-0.15, -0.1) is 11.3 Å². The van der Waals surface area contributed by atoms with Crippen LogP contribution in [0.25, 0.3) is 21.2 Å². The van der Waals surface area contributed by atoms with E-state index in [9.17, 15) is 0 Å². The highest BCUT2D eigenvalue weighted by Crippen LogP contribution is 2.64. The van der Waals surface area contributed by atoms with Gasteiger partial charge in [-0.3, -0.25) is 0 Å². The molecular weight excluding hydrogens is 998 g/mol. The summed E-state index contributed by atoms with van der Waals surface area (Å²) in [6.07, 6.45) is 9.50. The highest BCUT2D eigenvalue weighted by molar-refractivity contribution is 7.26. The van der Waals surface area contributed by atoms with Crippen molar-refractivity contribution >= 4 is 89.3 Å². The maximum atomic E-state index is 2.96. The molecule has 0 bridgehead atoms. The number of benzene rings is 7.